The van der Waals surface area contributed by atoms with E-state index in [2.05, 4.69) is 10.9 Å². The molecule has 0 saturated heterocycles. The zero-order chi connectivity index (χ0) is 21.3. The van der Waals surface area contributed by atoms with Gasteiger partial charge < -0.3 is 18.9 Å². The summed E-state index contributed by atoms with van der Waals surface area (Å²) in [4.78, 5) is 35.6. The smallest absolute Gasteiger partial charge is 0.309 e. The first-order valence-corrected chi connectivity index (χ1v) is 9.34. The van der Waals surface area contributed by atoms with Gasteiger partial charge in [-0.3, -0.25) is 25.2 Å². The number of rotatable bonds is 7. The summed E-state index contributed by atoms with van der Waals surface area (Å²) in [6.45, 7) is 1.50. The number of fused-ring (bicyclic) bond motifs is 1. The second kappa shape index (κ2) is 10.1. The molecule has 2 N–H and O–H groups in total. The molecular formula is C21H22N2O7. The maximum Gasteiger partial charge on any atom is 0.309 e. The molecule has 3 rings (SSSR count). The number of hydrazine groups is 1. The van der Waals surface area contributed by atoms with E-state index in [1.165, 1.54) is 0 Å². The molecule has 2 amide bonds. The number of carbonyl (C=O) groups excluding carboxylic acids is 3. The maximum atomic E-state index is 12.1. The van der Waals surface area contributed by atoms with Crippen LogP contribution < -0.4 is 25.1 Å². The van der Waals surface area contributed by atoms with Crippen LogP contribution in [-0.2, 0) is 19.1 Å². The monoisotopic (exact) mass is 414 g/mol. The molecule has 1 heterocycles. The van der Waals surface area contributed by atoms with Gasteiger partial charge in [0.25, 0.3) is 11.8 Å². The highest BCUT2D eigenvalue weighted by Gasteiger charge is 2.27. The van der Waals surface area contributed by atoms with E-state index in [9.17, 15) is 14.4 Å². The number of esters is 1. The van der Waals surface area contributed by atoms with E-state index in [1.54, 1.807) is 30.3 Å². The number of hydrogen-bond acceptors (Lipinski definition) is 7. The standard InChI is InChI=1S/C21H22N2O7/c1-14-6-2-3-7-15(14)27-11-10-20(25)29-13-19(24)22-23-21(26)18-12-28-16-8-4-5-9-17(16)30-18/h2-9,18H,10-13H2,1H3,(H,22,24)(H,23,26)/t18-/m1/s1. The Morgan fingerprint density at radius 1 is 1.03 bits per heavy atom. The van der Waals surface area contributed by atoms with Crippen molar-refractivity contribution in [1.29, 1.82) is 0 Å². The third-order valence-corrected chi connectivity index (χ3v) is 4.15. The van der Waals surface area contributed by atoms with Crippen molar-refractivity contribution in [3.63, 3.8) is 0 Å². The molecule has 2 aromatic carbocycles. The van der Waals surface area contributed by atoms with Gasteiger partial charge in [0.15, 0.2) is 18.1 Å². The van der Waals surface area contributed by atoms with Crippen LogP contribution in [0.3, 0.4) is 0 Å². The van der Waals surface area contributed by atoms with Crippen LogP contribution >= 0.6 is 0 Å². The molecule has 2 aromatic rings. The van der Waals surface area contributed by atoms with Gasteiger partial charge in [-0.25, -0.2) is 0 Å². The maximum absolute atomic E-state index is 12.1. The molecule has 0 aromatic heterocycles. The van der Waals surface area contributed by atoms with Crippen molar-refractivity contribution in [2.75, 3.05) is 19.8 Å². The highest BCUT2D eigenvalue weighted by atomic mass is 16.6. The van der Waals surface area contributed by atoms with Crippen molar-refractivity contribution in [2.45, 2.75) is 19.4 Å². The molecule has 0 saturated carbocycles. The Kier molecular flexibility index (Phi) is 7.09. The summed E-state index contributed by atoms with van der Waals surface area (Å²) < 4.78 is 21.3. The van der Waals surface area contributed by atoms with Crippen LogP contribution in [0.1, 0.15) is 12.0 Å². The predicted octanol–water partition coefficient (Wildman–Crippen LogP) is 1.29. The van der Waals surface area contributed by atoms with Crippen molar-refractivity contribution < 1.29 is 33.3 Å². The van der Waals surface area contributed by atoms with E-state index in [0.717, 1.165) is 5.56 Å². The van der Waals surface area contributed by atoms with Crippen LogP contribution in [0.4, 0.5) is 0 Å². The van der Waals surface area contributed by atoms with Gasteiger partial charge in [-0.2, -0.15) is 0 Å². The van der Waals surface area contributed by atoms with Gasteiger partial charge in [0.1, 0.15) is 12.4 Å². The molecule has 0 fully saturated rings. The van der Waals surface area contributed by atoms with E-state index in [0.29, 0.717) is 17.2 Å². The van der Waals surface area contributed by atoms with Crippen LogP contribution in [0.25, 0.3) is 0 Å². The van der Waals surface area contributed by atoms with Crippen LogP contribution in [0.15, 0.2) is 48.5 Å². The molecule has 158 valence electrons. The van der Waals surface area contributed by atoms with Gasteiger partial charge in [-0.15, -0.1) is 0 Å². The molecule has 0 radical (unpaired) electrons. The average molecular weight is 414 g/mol. The number of nitrogens with one attached hydrogen (secondary N) is 2. The van der Waals surface area contributed by atoms with Crippen molar-refractivity contribution >= 4 is 17.8 Å². The van der Waals surface area contributed by atoms with Crippen LogP contribution in [0.2, 0.25) is 0 Å². The lowest BCUT2D eigenvalue weighted by molar-refractivity contribution is -0.149. The molecule has 30 heavy (non-hydrogen) atoms. The molecule has 1 aliphatic rings. The molecule has 1 aliphatic heterocycles. The van der Waals surface area contributed by atoms with Crippen molar-refractivity contribution in [1.82, 2.24) is 10.9 Å². The van der Waals surface area contributed by atoms with E-state index in [1.807, 2.05) is 25.1 Å². The Morgan fingerprint density at radius 2 is 1.77 bits per heavy atom. The lowest BCUT2D eigenvalue weighted by atomic mass is 10.2. The van der Waals surface area contributed by atoms with E-state index in [4.69, 9.17) is 18.9 Å². The lowest BCUT2D eigenvalue weighted by Crippen LogP contribution is -2.51. The Balaban J connectivity index is 1.31. The largest absolute Gasteiger partial charge is 0.493 e. The first-order valence-electron chi connectivity index (χ1n) is 9.34. The minimum Gasteiger partial charge on any atom is -0.493 e. The number of amides is 2. The number of aryl methyl sites for hydroxylation is 1. The summed E-state index contributed by atoms with van der Waals surface area (Å²) in [7, 11) is 0. The molecule has 1 atom stereocenters. The first kappa shape index (κ1) is 21.0. The summed E-state index contributed by atoms with van der Waals surface area (Å²) in [5.41, 5.74) is 5.34. The normalized spacial score (nSPS) is 14.4. The molecule has 9 nitrogen and oxygen atoms in total. The van der Waals surface area contributed by atoms with Crippen molar-refractivity contribution in [3.05, 3.63) is 54.1 Å². The predicted molar refractivity (Wildman–Crippen MR) is 105 cm³/mol. The summed E-state index contributed by atoms with van der Waals surface area (Å²) in [6, 6.07) is 14.4. The Hall–Kier alpha value is -3.75. The SMILES string of the molecule is Cc1ccccc1OCCC(=O)OCC(=O)NNC(=O)[C@H]1COc2ccccc2O1. The fourth-order valence-electron chi connectivity index (χ4n) is 2.58. The first-order chi connectivity index (χ1) is 14.5. The summed E-state index contributed by atoms with van der Waals surface area (Å²) in [5, 5.41) is 0. The van der Waals surface area contributed by atoms with Gasteiger partial charge in [0.2, 0.25) is 6.10 Å². The minimum atomic E-state index is -0.915. The summed E-state index contributed by atoms with van der Waals surface area (Å²) in [5.74, 6) is -0.196. The highest BCUT2D eigenvalue weighted by molar-refractivity contribution is 5.86. The fraction of sp³-hybridized carbons (Fsp3) is 0.286. The van der Waals surface area contributed by atoms with Crippen LogP contribution in [-0.4, -0.2) is 43.7 Å². The lowest BCUT2D eigenvalue weighted by Gasteiger charge is -2.25. The van der Waals surface area contributed by atoms with Gasteiger partial charge in [-0.1, -0.05) is 30.3 Å². The fourth-order valence-corrected chi connectivity index (χ4v) is 2.58. The van der Waals surface area contributed by atoms with Crippen molar-refractivity contribution in [2.24, 2.45) is 0 Å². The summed E-state index contributed by atoms with van der Waals surface area (Å²) >= 11 is 0. The topological polar surface area (TPSA) is 112 Å². The Morgan fingerprint density at radius 3 is 2.57 bits per heavy atom. The van der Waals surface area contributed by atoms with Gasteiger partial charge >= 0.3 is 5.97 Å². The Labute approximate surface area is 173 Å². The minimum absolute atomic E-state index is 0.00852. The number of ether oxygens (including phenoxy) is 4. The second-order valence-corrected chi connectivity index (χ2v) is 6.43. The molecule has 0 bridgehead atoms. The quantitative estimate of drug-likeness (QED) is 0.519. The Bertz CT molecular complexity index is 916. The molecule has 0 aliphatic carbocycles. The third kappa shape index (κ3) is 5.87. The number of hydrogen-bond donors (Lipinski definition) is 2. The van der Waals surface area contributed by atoms with E-state index >= 15 is 0 Å². The van der Waals surface area contributed by atoms with Gasteiger partial charge in [0.05, 0.1) is 13.0 Å². The number of carbonyl (C=O) groups is 3. The average Bonchev–Trinajstić information content (AvgIpc) is 2.77. The zero-order valence-electron chi connectivity index (χ0n) is 16.4. The molecule has 0 unspecified atom stereocenters. The summed E-state index contributed by atoms with van der Waals surface area (Å²) in [6.07, 6.45) is -0.929. The number of para-hydroxylation sites is 3. The number of benzene rings is 2. The van der Waals surface area contributed by atoms with E-state index < -0.39 is 30.5 Å². The molecule has 0 spiro atoms. The highest BCUT2D eigenvalue weighted by Crippen LogP contribution is 2.30. The van der Waals surface area contributed by atoms with E-state index in [-0.39, 0.29) is 19.6 Å². The van der Waals surface area contributed by atoms with Crippen LogP contribution in [0, 0.1) is 6.92 Å². The van der Waals surface area contributed by atoms with Gasteiger partial charge in [-0.05, 0) is 30.7 Å². The van der Waals surface area contributed by atoms with Crippen molar-refractivity contribution in [3.8, 4) is 17.2 Å². The molecular weight excluding hydrogens is 392 g/mol. The zero-order valence-corrected chi connectivity index (χ0v) is 16.4. The second-order valence-electron chi connectivity index (χ2n) is 6.43. The van der Waals surface area contributed by atoms with Crippen LogP contribution in [0.5, 0.6) is 17.2 Å². The molecule has 9 heteroatoms. The van der Waals surface area contributed by atoms with Gasteiger partial charge in [0, 0.05) is 0 Å². The third-order valence-electron chi connectivity index (χ3n) is 4.15.